The summed E-state index contributed by atoms with van der Waals surface area (Å²) in [5.74, 6) is -1.89. The van der Waals surface area contributed by atoms with E-state index in [1.807, 2.05) is 0 Å². The van der Waals surface area contributed by atoms with E-state index in [0.29, 0.717) is 41.8 Å². The second-order valence-electron chi connectivity index (χ2n) is 6.82. The molecule has 1 aliphatic rings. The second kappa shape index (κ2) is 8.38. The fourth-order valence-electron chi connectivity index (χ4n) is 2.97. The number of ether oxygens (including phenoxy) is 1. The van der Waals surface area contributed by atoms with Crippen molar-refractivity contribution in [2.24, 2.45) is 12.0 Å². The molecule has 0 spiro atoms. The van der Waals surface area contributed by atoms with Gasteiger partial charge in [-0.05, 0) is 32.4 Å². The molecule has 2 heterocycles. The average Bonchev–Trinajstić information content (AvgIpc) is 2.68. The number of allylic oxidation sites excluding steroid dienone is 3. The van der Waals surface area contributed by atoms with Gasteiger partial charge in [0.25, 0.3) is 5.95 Å². The van der Waals surface area contributed by atoms with Crippen LogP contribution in [-0.2, 0) is 16.6 Å². The molecule has 1 aliphatic heterocycles. The number of aromatic nitrogens is 2. The summed E-state index contributed by atoms with van der Waals surface area (Å²) in [6, 6.07) is 3.24. The maximum Gasteiger partial charge on any atom is 0.273 e. The molecule has 8 heteroatoms. The van der Waals surface area contributed by atoms with Crippen molar-refractivity contribution in [3.63, 3.8) is 0 Å². The number of hydrogen-bond acceptors (Lipinski definition) is 5. The molecular formula is C21H21F2N3O3. The van der Waals surface area contributed by atoms with Crippen molar-refractivity contribution >= 4 is 6.29 Å². The van der Waals surface area contributed by atoms with E-state index in [0.717, 1.165) is 12.1 Å². The van der Waals surface area contributed by atoms with E-state index in [1.165, 1.54) is 12.1 Å². The zero-order chi connectivity index (χ0) is 21.1. The van der Waals surface area contributed by atoms with Gasteiger partial charge in [0.2, 0.25) is 0 Å². The maximum absolute atomic E-state index is 14.6. The Bertz CT molecular complexity index is 1090. The molecule has 1 N–H and O–H groups in total. The molecule has 1 atom stereocenters. The summed E-state index contributed by atoms with van der Waals surface area (Å²) >= 11 is 0. The molecule has 0 amide bonds. The van der Waals surface area contributed by atoms with Gasteiger partial charge in [0.1, 0.15) is 23.6 Å². The third-order valence-corrected chi connectivity index (χ3v) is 4.72. The van der Waals surface area contributed by atoms with Crippen molar-refractivity contribution in [2.75, 3.05) is 6.61 Å². The highest BCUT2D eigenvalue weighted by Crippen LogP contribution is 2.27. The molecule has 1 aromatic carbocycles. The number of hydrogen-bond donors (Lipinski definition) is 1. The number of benzene rings is 1. The van der Waals surface area contributed by atoms with Gasteiger partial charge in [0, 0.05) is 48.1 Å². The van der Waals surface area contributed by atoms with Gasteiger partial charge in [-0.15, -0.1) is 0 Å². The Balaban J connectivity index is 2.30. The lowest BCUT2D eigenvalue weighted by Crippen LogP contribution is -2.25. The molecule has 0 bridgehead atoms. The number of nitrogens with zero attached hydrogens (tertiary/aromatic N) is 3. The van der Waals surface area contributed by atoms with E-state index in [4.69, 9.17) is 4.74 Å². The first-order chi connectivity index (χ1) is 13.8. The fourth-order valence-corrected chi connectivity index (χ4v) is 2.97. The number of aryl methyl sites for hydroxylation is 1. The third-order valence-electron chi connectivity index (χ3n) is 4.72. The van der Waals surface area contributed by atoms with E-state index in [1.54, 1.807) is 31.7 Å². The molecule has 1 unspecified atom stereocenters. The molecule has 0 aliphatic carbocycles. The van der Waals surface area contributed by atoms with Crippen LogP contribution in [0.5, 0.6) is 0 Å². The Kier molecular flexibility index (Phi) is 5.91. The number of halogens is 2. The van der Waals surface area contributed by atoms with Gasteiger partial charge in [-0.1, -0.05) is 0 Å². The predicted molar refractivity (Wildman–Crippen MR) is 103 cm³/mol. The van der Waals surface area contributed by atoms with Gasteiger partial charge in [0.05, 0.1) is 12.3 Å². The van der Waals surface area contributed by atoms with Crippen LogP contribution >= 0.6 is 0 Å². The lowest BCUT2D eigenvalue weighted by atomic mass is 10.00. The van der Waals surface area contributed by atoms with Crippen LogP contribution in [-0.4, -0.2) is 27.6 Å². The third kappa shape index (κ3) is 4.42. The van der Waals surface area contributed by atoms with Crippen molar-refractivity contribution in [2.45, 2.75) is 26.2 Å². The van der Waals surface area contributed by atoms with Crippen molar-refractivity contribution in [1.82, 2.24) is 9.55 Å². The molecule has 0 fully saturated rings. The van der Waals surface area contributed by atoms with Gasteiger partial charge in [-0.25, -0.2) is 18.8 Å². The Hall–Kier alpha value is -3.29. The van der Waals surface area contributed by atoms with E-state index in [2.05, 4.69) is 9.98 Å². The van der Waals surface area contributed by atoms with Crippen LogP contribution in [0.25, 0.3) is 11.3 Å². The van der Waals surface area contributed by atoms with Crippen molar-refractivity contribution < 1.29 is 23.4 Å². The molecule has 0 radical (unpaired) electrons. The molecule has 3 rings (SSSR count). The number of carbonyl (C=O) groups is 1. The van der Waals surface area contributed by atoms with Crippen LogP contribution in [0, 0.1) is 11.6 Å². The second-order valence-corrected chi connectivity index (χ2v) is 6.82. The Labute approximate surface area is 166 Å². The zero-order valence-corrected chi connectivity index (χ0v) is 16.3. The number of carbonyl (C=O) groups excluding carboxylic acids is 1. The van der Waals surface area contributed by atoms with Crippen LogP contribution in [0.1, 0.15) is 31.9 Å². The first kappa shape index (κ1) is 20.4. The standard InChI is InChI=1S/C21H21F2N3O3/c1-12(11-27)13(2)24-21-20(16-5-4-15(22)9-17(16)23)25-18(10-26(21)3)14-6-7-29-19(28)8-14/h4-5,8-11,14,28H,6-7H2,1-3H3/b13-12-,24-21?. The van der Waals surface area contributed by atoms with Crippen LogP contribution in [0.15, 0.2) is 52.7 Å². The molecule has 1 aromatic heterocycles. The minimum Gasteiger partial charge on any atom is -0.481 e. The minimum absolute atomic E-state index is 0.0828. The summed E-state index contributed by atoms with van der Waals surface area (Å²) in [4.78, 5) is 20.1. The molecular weight excluding hydrogens is 380 g/mol. The maximum atomic E-state index is 14.6. The topological polar surface area (TPSA) is 76.7 Å². The summed E-state index contributed by atoms with van der Waals surface area (Å²) < 4.78 is 34.7. The number of aliphatic hydroxyl groups is 1. The van der Waals surface area contributed by atoms with E-state index in [-0.39, 0.29) is 23.1 Å². The summed E-state index contributed by atoms with van der Waals surface area (Å²) in [5.41, 5.74) is 2.07. The van der Waals surface area contributed by atoms with Gasteiger partial charge in [0.15, 0.2) is 5.49 Å². The molecule has 2 aromatic rings. The summed E-state index contributed by atoms with van der Waals surface area (Å²) in [6.45, 7) is 3.62. The fraction of sp³-hybridized carbons (Fsp3) is 0.286. The average molecular weight is 401 g/mol. The van der Waals surface area contributed by atoms with Crippen molar-refractivity contribution in [3.05, 3.63) is 70.5 Å². The highest BCUT2D eigenvalue weighted by molar-refractivity contribution is 5.73. The Morgan fingerprint density at radius 1 is 1.38 bits per heavy atom. The highest BCUT2D eigenvalue weighted by Gasteiger charge is 2.21. The van der Waals surface area contributed by atoms with E-state index < -0.39 is 11.6 Å². The number of aliphatic hydroxyl groups excluding tert-OH is 1. The lowest BCUT2D eigenvalue weighted by Gasteiger charge is -2.20. The van der Waals surface area contributed by atoms with Crippen LogP contribution in [0.3, 0.4) is 0 Å². The smallest absolute Gasteiger partial charge is 0.273 e. The molecule has 29 heavy (non-hydrogen) atoms. The minimum atomic E-state index is -0.773. The first-order valence-corrected chi connectivity index (χ1v) is 9.04. The van der Waals surface area contributed by atoms with Gasteiger partial charge in [-0.2, -0.15) is 0 Å². The lowest BCUT2D eigenvalue weighted by molar-refractivity contribution is -0.104. The largest absolute Gasteiger partial charge is 0.481 e. The predicted octanol–water partition coefficient (Wildman–Crippen LogP) is 3.66. The highest BCUT2D eigenvalue weighted by atomic mass is 19.1. The molecule has 6 nitrogen and oxygen atoms in total. The molecule has 0 saturated carbocycles. The summed E-state index contributed by atoms with van der Waals surface area (Å²) in [6.07, 6.45) is 4.54. The Morgan fingerprint density at radius 3 is 2.79 bits per heavy atom. The SMILES string of the molecule is C/C(C=O)=C(\C)N=c1c(-c2ccc(F)cc2F)nc(C2C=C(O)OCC2)cn1C. The number of rotatable bonds is 4. The van der Waals surface area contributed by atoms with Gasteiger partial charge >= 0.3 is 0 Å². The number of aldehydes is 1. The van der Waals surface area contributed by atoms with Crippen molar-refractivity contribution in [1.29, 1.82) is 0 Å². The van der Waals surface area contributed by atoms with Crippen LogP contribution < -0.4 is 5.49 Å². The van der Waals surface area contributed by atoms with Gasteiger partial charge < -0.3 is 14.4 Å². The normalized spacial score (nSPS) is 18.0. The van der Waals surface area contributed by atoms with E-state index >= 15 is 0 Å². The summed E-state index contributed by atoms with van der Waals surface area (Å²) in [5, 5.41) is 9.68. The monoisotopic (exact) mass is 401 g/mol. The zero-order valence-electron chi connectivity index (χ0n) is 16.3. The van der Waals surface area contributed by atoms with Crippen LogP contribution in [0.2, 0.25) is 0 Å². The summed E-state index contributed by atoms with van der Waals surface area (Å²) in [7, 11) is 1.72. The van der Waals surface area contributed by atoms with E-state index in [9.17, 15) is 18.7 Å². The molecule has 0 saturated heterocycles. The van der Waals surface area contributed by atoms with Crippen LogP contribution in [0.4, 0.5) is 8.78 Å². The van der Waals surface area contributed by atoms with Crippen molar-refractivity contribution in [3.8, 4) is 11.3 Å². The Morgan fingerprint density at radius 2 is 2.14 bits per heavy atom. The first-order valence-electron chi connectivity index (χ1n) is 9.04. The quantitative estimate of drug-likeness (QED) is 0.627. The molecule has 152 valence electrons. The van der Waals surface area contributed by atoms with Gasteiger partial charge in [-0.3, -0.25) is 4.79 Å².